The zero-order valence-corrected chi connectivity index (χ0v) is 13.8. The number of carbonyl (C=O) groups excluding carboxylic acids is 1. The summed E-state index contributed by atoms with van der Waals surface area (Å²) in [6.45, 7) is 9.02. The molecule has 1 rings (SSSR count). The highest BCUT2D eigenvalue weighted by atomic mass is 16.5. The number of carbonyl (C=O) groups is 1. The molecule has 0 amide bonds. The summed E-state index contributed by atoms with van der Waals surface area (Å²) in [5, 5.41) is 0. The third-order valence-corrected chi connectivity index (χ3v) is 3.39. The summed E-state index contributed by atoms with van der Waals surface area (Å²) in [6, 6.07) is 10.2. The Labute approximate surface area is 134 Å². The summed E-state index contributed by atoms with van der Waals surface area (Å²) < 4.78 is 11.0. The fourth-order valence-electron chi connectivity index (χ4n) is 2.37. The lowest BCUT2D eigenvalue weighted by Gasteiger charge is -2.17. The lowest BCUT2D eigenvalue weighted by Crippen LogP contribution is -2.16. The Kier molecular flexibility index (Phi) is 9.24. The third-order valence-electron chi connectivity index (χ3n) is 3.39. The third kappa shape index (κ3) is 8.63. The molecular weight excluding hydrogens is 276 g/mol. The smallest absolute Gasteiger partial charge is 0.302 e. The summed E-state index contributed by atoms with van der Waals surface area (Å²) in [5.41, 5.74) is 2.32. The Hall–Kier alpha value is -1.61. The van der Waals surface area contributed by atoms with Gasteiger partial charge in [-0.3, -0.25) is 4.79 Å². The Morgan fingerprint density at radius 3 is 2.64 bits per heavy atom. The SMILES string of the molecule is C=C(CCCOCc1ccccc1)C[C@@H](CCC)OC(C)=O. The molecular formula is C19H28O3. The maximum atomic E-state index is 11.1. The van der Waals surface area contributed by atoms with Gasteiger partial charge in [-0.1, -0.05) is 55.8 Å². The zero-order chi connectivity index (χ0) is 16.2. The average Bonchev–Trinajstić information content (AvgIpc) is 2.47. The second-order valence-corrected chi connectivity index (χ2v) is 5.62. The minimum Gasteiger partial charge on any atom is -0.462 e. The van der Waals surface area contributed by atoms with E-state index in [1.807, 2.05) is 18.2 Å². The van der Waals surface area contributed by atoms with Crippen LogP contribution in [0.1, 0.15) is 51.5 Å². The van der Waals surface area contributed by atoms with Gasteiger partial charge in [-0.25, -0.2) is 0 Å². The van der Waals surface area contributed by atoms with Crippen molar-refractivity contribution in [3.05, 3.63) is 48.0 Å². The van der Waals surface area contributed by atoms with Crippen LogP contribution in [-0.2, 0) is 20.9 Å². The van der Waals surface area contributed by atoms with E-state index in [2.05, 4.69) is 25.6 Å². The Morgan fingerprint density at radius 1 is 1.27 bits per heavy atom. The molecule has 0 aliphatic heterocycles. The highest BCUT2D eigenvalue weighted by Gasteiger charge is 2.12. The van der Waals surface area contributed by atoms with Gasteiger partial charge in [0.25, 0.3) is 0 Å². The van der Waals surface area contributed by atoms with E-state index in [9.17, 15) is 4.79 Å². The Morgan fingerprint density at radius 2 is 2.00 bits per heavy atom. The van der Waals surface area contributed by atoms with Crippen LogP contribution in [0.4, 0.5) is 0 Å². The molecule has 22 heavy (non-hydrogen) atoms. The van der Waals surface area contributed by atoms with Crippen molar-refractivity contribution in [2.24, 2.45) is 0 Å². The highest BCUT2D eigenvalue weighted by Crippen LogP contribution is 2.16. The van der Waals surface area contributed by atoms with Gasteiger partial charge in [-0.05, 0) is 24.8 Å². The topological polar surface area (TPSA) is 35.5 Å². The van der Waals surface area contributed by atoms with Crippen LogP contribution < -0.4 is 0 Å². The lowest BCUT2D eigenvalue weighted by molar-refractivity contribution is -0.146. The van der Waals surface area contributed by atoms with Gasteiger partial charge in [0, 0.05) is 20.0 Å². The van der Waals surface area contributed by atoms with Gasteiger partial charge < -0.3 is 9.47 Å². The van der Waals surface area contributed by atoms with Crippen LogP contribution in [0.3, 0.4) is 0 Å². The van der Waals surface area contributed by atoms with Crippen LogP contribution in [0.5, 0.6) is 0 Å². The monoisotopic (exact) mass is 304 g/mol. The fourth-order valence-corrected chi connectivity index (χ4v) is 2.37. The first-order chi connectivity index (χ1) is 10.6. The van der Waals surface area contributed by atoms with Crippen LogP contribution in [0, 0.1) is 0 Å². The second kappa shape index (κ2) is 11.0. The first-order valence-corrected chi connectivity index (χ1v) is 8.07. The zero-order valence-electron chi connectivity index (χ0n) is 13.8. The normalized spacial score (nSPS) is 11.9. The molecule has 3 heteroatoms. The standard InChI is InChI=1S/C19H28O3/c1-4-9-19(22-17(3)20)14-16(2)10-8-13-21-15-18-11-6-5-7-12-18/h5-7,11-12,19H,2,4,8-10,13-15H2,1,3H3/t19-/m1/s1. The molecule has 0 N–H and O–H groups in total. The molecule has 0 aromatic heterocycles. The molecule has 122 valence electrons. The van der Waals surface area contributed by atoms with Gasteiger partial charge in [-0.15, -0.1) is 0 Å². The van der Waals surface area contributed by atoms with Crippen LogP contribution in [0.2, 0.25) is 0 Å². The van der Waals surface area contributed by atoms with E-state index in [0.717, 1.165) is 44.3 Å². The molecule has 0 unspecified atom stereocenters. The van der Waals surface area contributed by atoms with E-state index in [1.165, 1.54) is 12.5 Å². The quantitative estimate of drug-likeness (QED) is 0.339. The number of rotatable bonds is 11. The van der Waals surface area contributed by atoms with Crippen molar-refractivity contribution in [3.63, 3.8) is 0 Å². The maximum absolute atomic E-state index is 11.1. The van der Waals surface area contributed by atoms with Gasteiger partial charge in [0.1, 0.15) is 6.10 Å². The maximum Gasteiger partial charge on any atom is 0.302 e. The molecule has 0 bridgehead atoms. The number of hydrogen-bond donors (Lipinski definition) is 0. The first-order valence-electron chi connectivity index (χ1n) is 8.07. The summed E-state index contributed by atoms with van der Waals surface area (Å²) in [7, 11) is 0. The minimum atomic E-state index is -0.211. The van der Waals surface area contributed by atoms with E-state index >= 15 is 0 Å². The van der Waals surface area contributed by atoms with Crippen molar-refractivity contribution in [2.45, 2.75) is 58.7 Å². The number of benzene rings is 1. The Balaban J connectivity index is 2.15. The van der Waals surface area contributed by atoms with Gasteiger partial charge >= 0.3 is 5.97 Å². The van der Waals surface area contributed by atoms with Crippen molar-refractivity contribution in [2.75, 3.05) is 6.61 Å². The molecule has 1 aromatic rings. The van der Waals surface area contributed by atoms with Gasteiger partial charge in [0.2, 0.25) is 0 Å². The van der Waals surface area contributed by atoms with E-state index in [0.29, 0.717) is 6.61 Å². The molecule has 0 saturated heterocycles. The van der Waals surface area contributed by atoms with Crippen molar-refractivity contribution >= 4 is 5.97 Å². The van der Waals surface area contributed by atoms with Crippen LogP contribution in [-0.4, -0.2) is 18.7 Å². The molecule has 1 atom stereocenters. The van der Waals surface area contributed by atoms with E-state index in [4.69, 9.17) is 9.47 Å². The molecule has 0 aliphatic rings. The lowest BCUT2D eigenvalue weighted by atomic mass is 10.0. The van der Waals surface area contributed by atoms with E-state index < -0.39 is 0 Å². The molecule has 3 nitrogen and oxygen atoms in total. The predicted octanol–water partition coefficient (Wildman–Crippen LogP) is 4.66. The molecule has 0 heterocycles. The summed E-state index contributed by atoms with van der Waals surface area (Å²) in [4.78, 5) is 11.1. The van der Waals surface area contributed by atoms with Gasteiger partial charge in [0.05, 0.1) is 6.61 Å². The number of hydrogen-bond acceptors (Lipinski definition) is 3. The summed E-state index contributed by atoms with van der Waals surface area (Å²) in [6.07, 6.45) is 4.49. The second-order valence-electron chi connectivity index (χ2n) is 5.62. The highest BCUT2D eigenvalue weighted by molar-refractivity contribution is 5.66. The summed E-state index contributed by atoms with van der Waals surface area (Å²) in [5.74, 6) is -0.211. The molecule has 0 fully saturated rings. The van der Waals surface area contributed by atoms with Crippen LogP contribution in [0.25, 0.3) is 0 Å². The summed E-state index contributed by atoms with van der Waals surface area (Å²) >= 11 is 0. The van der Waals surface area contributed by atoms with E-state index in [-0.39, 0.29) is 12.1 Å². The fraction of sp³-hybridized carbons (Fsp3) is 0.526. The van der Waals surface area contributed by atoms with Crippen LogP contribution in [0.15, 0.2) is 42.5 Å². The number of esters is 1. The minimum absolute atomic E-state index is 0.0276. The molecule has 0 radical (unpaired) electrons. The van der Waals surface area contributed by atoms with Crippen molar-refractivity contribution in [3.8, 4) is 0 Å². The molecule has 0 saturated carbocycles. The van der Waals surface area contributed by atoms with E-state index in [1.54, 1.807) is 0 Å². The van der Waals surface area contributed by atoms with Crippen molar-refractivity contribution in [1.82, 2.24) is 0 Å². The molecule has 1 aromatic carbocycles. The largest absolute Gasteiger partial charge is 0.462 e. The van der Waals surface area contributed by atoms with Crippen molar-refractivity contribution in [1.29, 1.82) is 0 Å². The predicted molar refractivity (Wildman–Crippen MR) is 89.6 cm³/mol. The first kappa shape index (κ1) is 18.4. The van der Waals surface area contributed by atoms with Crippen LogP contribution >= 0.6 is 0 Å². The van der Waals surface area contributed by atoms with Crippen molar-refractivity contribution < 1.29 is 14.3 Å². The van der Waals surface area contributed by atoms with Gasteiger partial charge in [-0.2, -0.15) is 0 Å². The average molecular weight is 304 g/mol. The molecule has 0 spiro atoms. The Bertz CT molecular complexity index is 439. The van der Waals surface area contributed by atoms with Gasteiger partial charge in [0.15, 0.2) is 0 Å². The number of ether oxygens (including phenoxy) is 2. The molecule has 0 aliphatic carbocycles.